The minimum atomic E-state index is -1.29. The number of benzene rings is 1. The highest BCUT2D eigenvalue weighted by Gasteiger charge is 2.10. The molecule has 5 nitrogen and oxygen atoms in total. The molecule has 0 spiro atoms. The lowest BCUT2D eigenvalue weighted by Gasteiger charge is -2.06. The molecule has 6 heteroatoms. The van der Waals surface area contributed by atoms with Crippen LogP contribution in [0.2, 0.25) is 0 Å². The van der Waals surface area contributed by atoms with Crippen molar-refractivity contribution in [2.45, 2.75) is 0 Å². The monoisotopic (exact) mass is 294 g/mol. The van der Waals surface area contributed by atoms with Gasteiger partial charge in [-0.3, -0.25) is 4.79 Å². The lowest BCUT2D eigenvalue weighted by Crippen LogP contribution is -2.19. The van der Waals surface area contributed by atoms with Crippen molar-refractivity contribution in [1.29, 1.82) is 0 Å². The third-order valence-corrected chi connectivity index (χ3v) is 2.63. The third-order valence-electron chi connectivity index (χ3n) is 2.13. The summed E-state index contributed by atoms with van der Waals surface area (Å²) >= 11 is 3.31. The first-order chi connectivity index (χ1) is 8.08. The Morgan fingerprint density at radius 3 is 2.82 bits per heavy atom. The number of carboxylic acids is 1. The Morgan fingerprint density at radius 1 is 1.41 bits per heavy atom. The number of carbonyl (C=O) groups is 1. The van der Waals surface area contributed by atoms with Gasteiger partial charge in [0.05, 0.1) is 0 Å². The fourth-order valence-electron chi connectivity index (χ4n) is 1.34. The highest BCUT2D eigenvalue weighted by Crippen LogP contribution is 2.14. The van der Waals surface area contributed by atoms with E-state index in [4.69, 9.17) is 5.11 Å². The van der Waals surface area contributed by atoms with E-state index in [0.29, 0.717) is 0 Å². The molecule has 0 fully saturated rings. The molecule has 2 aromatic rings. The summed E-state index contributed by atoms with van der Waals surface area (Å²) in [4.78, 5) is 25.5. The van der Waals surface area contributed by atoms with Crippen LogP contribution in [0.15, 0.2) is 46.1 Å². The van der Waals surface area contributed by atoms with Gasteiger partial charge in [-0.15, -0.1) is 0 Å². The molecule has 0 saturated carbocycles. The van der Waals surface area contributed by atoms with E-state index in [2.05, 4.69) is 20.9 Å². The van der Waals surface area contributed by atoms with Gasteiger partial charge in [-0.25, -0.2) is 4.79 Å². The van der Waals surface area contributed by atoms with E-state index in [0.717, 1.165) is 10.2 Å². The number of hydrogen-bond acceptors (Lipinski definition) is 3. The maximum absolute atomic E-state index is 11.2. The lowest BCUT2D eigenvalue weighted by atomic mass is 10.3. The normalized spacial score (nSPS) is 10.2. The summed E-state index contributed by atoms with van der Waals surface area (Å²) in [7, 11) is 0. The zero-order valence-electron chi connectivity index (χ0n) is 8.50. The van der Waals surface area contributed by atoms with E-state index >= 15 is 0 Å². The molecule has 0 bridgehead atoms. The van der Waals surface area contributed by atoms with Crippen molar-refractivity contribution in [2.24, 2.45) is 0 Å². The van der Waals surface area contributed by atoms with Crippen molar-refractivity contribution in [3.8, 4) is 5.69 Å². The molecule has 1 heterocycles. The summed E-state index contributed by atoms with van der Waals surface area (Å²) in [5.74, 6) is -1.29. The van der Waals surface area contributed by atoms with Gasteiger partial charge in [-0.2, -0.15) is 4.98 Å². The first kappa shape index (κ1) is 11.5. The smallest absolute Gasteiger partial charge is 0.342 e. The molecule has 0 amide bonds. The highest BCUT2D eigenvalue weighted by atomic mass is 79.9. The predicted octanol–water partition coefficient (Wildman–Crippen LogP) is 1.69. The summed E-state index contributed by atoms with van der Waals surface area (Å²) in [5.41, 5.74) is -0.384. The number of rotatable bonds is 2. The van der Waals surface area contributed by atoms with Gasteiger partial charge < -0.3 is 9.67 Å². The molecule has 17 heavy (non-hydrogen) atoms. The van der Waals surface area contributed by atoms with Crippen LogP contribution in [-0.4, -0.2) is 20.6 Å². The van der Waals surface area contributed by atoms with Crippen LogP contribution in [0.3, 0.4) is 0 Å². The number of carboxylic acid groups (broad SMARTS) is 1. The summed E-state index contributed by atoms with van der Waals surface area (Å²) < 4.78 is 2.33. The molecule has 0 aliphatic carbocycles. The number of aromatic nitrogens is 2. The van der Waals surface area contributed by atoms with Crippen LogP contribution < -0.4 is 5.56 Å². The molecule has 0 aliphatic rings. The summed E-state index contributed by atoms with van der Waals surface area (Å²) in [6.45, 7) is 0. The summed E-state index contributed by atoms with van der Waals surface area (Å²) in [5, 5.41) is 8.83. The predicted molar refractivity (Wildman–Crippen MR) is 64.5 cm³/mol. The quantitative estimate of drug-likeness (QED) is 0.915. The molecular weight excluding hydrogens is 288 g/mol. The third kappa shape index (κ3) is 2.42. The van der Waals surface area contributed by atoms with E-state index in [9.17, 15) is 9.59 Å². The number of hydrogen-bond donors (Lipinski definition) is 1. The van der Waals surface area contributed by atoms with Gasteiger partial charge in [0.2, 0.25) is 0 Å². The van der Waals surface area contributed by atoms with E-state index in [1.54, 1.807) is 18.2 Å². The first-order valence-electron chi connectivity index (χ1n) is 4.65. The molecule has 0 atom stereocenters. The Bertz CT molecular complexity index is 637. The Labute approximate surface area is 104 Å². The number of halogens is 1. The summed E-state index contributed by atoms with van der Waals surface area (Å²) in [6, 6.07) is 7.22. The van der Waals surface area contributed by atoms with Crippen molar-refractivity contribution in [1.82, 2.24) is 9.55 Å². The topological polar surface area (TPSA) is 72.2 Å². The largest absolute Gasteiger partial charge is 0.477 e. The van der Waals surface area contributed by atoms with Crippen LogP contribution in [0, 0.1) is 0 Å². The van der Waals surface area contributed by atoms with Crippen LogP contribution in [0.1, 0.15) is 10.4 Å². The van der Waals surface area contributed by atoms with Gasteiger partial charge in [0.25, 0.3) is 5.56 Å². The van der Waals surface area contributed by atoms with Crippen LogP contribution in [0.25, 0.3) is 5.69 Å². The number of nitrogens with zero attached hydrogens (tertiary/aromatic N) is 2. The van der Waals surface area contributed by atoms with Gasteiger partial charge in [0.1, 0.15) is 11.9 Å². The van der Waals surface area contributed by atoms with Crippen LogP contribution in [0.4, 0.5) is 0 Å². The minimum Gasteiger partial charge on any atom is -0.477 e. The van der Waals surface area contributed by atoms with Crippen molar-refractivity contribution >= 4 is 21.9 Å². The zero-order valence-corrected chi connectivity index (χ0v) is 10.1. The average molecular weight is 295 g/mol. The Kier molecular flexibility index (Phi) is 3.06. The average Bonchev–Trinajstić information content (AvgIpc) is 2.29. The van der Waals surface area contributed by atoms with Crippen molar-refractivity contribution in [3.63, 3.8) is 0 Å². The minimum absolute atomic E-state index is 0.354. The molecule has 86 valence electrons. The van der Waals surface area contributed by atoms with E-state index < -0.39 is 11.5 Å². The molecule has 0 aliphatic heterocycles. The lowest BCUT2D eigenvalue weighted by molar-refractivity contribution is 0.0694. The second-order valence-corrected chi connectivity index (χ2v) is 4.20. The highest BCUT2D eigenvalue weighted by molar-refractivity contribution is 9.10. The van der Waals surface area contributed by atoms with Crippen molar-refractivity contribution in [3.05, 3.63) is 57.2 Å². The molecule has 0 saturated heterocycles. The van der Waals surface area contributed by atoms with Gasteiger partial charge in [0.15, 0.2) is 0 Å². The van der Waals surface area contributed by atoms with Crippen molar-refractivity contribution < 1.29 is 9.90 Å². The second-order valence-electron chi connectivity index (χ2n) is 3.28. The summed E-state index contributed by atoms with van der Waals surface area (Å²) in [6.07, 6.45) is 2.54. The number of aromatic carboxylic acids is 1. The maximum atomic E-state index is 11.2. The van der Waals surface area contributed by atoms with Gasteiger partial charge in [-0.05, 0) is 18.2 Å². The van der Waals surface area contributed by atoms with E-state index in [1.165, 1.54) is 17.1 Å². The maximum Gasteiger partial charge on any atom is 0.342 e. The van der Waals surface area contributed by atoms with Gasteiger partial charge in [0, 0.05) is 16.4 Å². The first-order valence-corrected chi connectivity index (χ1v) is 5.45. The zero-order chi connectivity index (χ0) is 12.4. The SMILES string of the molecule is O=C(O)c1cn(-c2cccc(Br)c2)cnc1=O. The molecule has 0 radical (unpaired) electrons. The van der Waals surface area contributed by atoms with Crippen LogP contribution in [-0.2, 0) is 0 Å². The fourth-order valence-corrected chi connectivity index (χ4v) is 1.72. The van der Waals surface area contributed by atoms with E-state index in [1.807, 2.05) is 6.07 Å². The second kappa shape index (κ2) is 4.50. The Hall–Kier alpha value is -1.95. The Balaban J connectivity index is 2.58. The van der Waals surface area contributed by atoms with Crippen LogP contribution in [0.5, 0.6) is 0 Å². The van der Waals surface area contributed by atoms with E-state index in [-0.39, 0.29) is 5.56 Å². The molecule has 1 aromatic carbocycles. The molecule has 0 unspecified atom stereocenters. The van der Waals surface area contributed by atoms with Crippen LogP contribution >= 0.6 is 15.9 Å². The Morgan fingerprint density at radius 2 is 2.18 bits per heavy atom. The fraction of sp³-hybridized carbons (Fsp3) is 0. The van der Waals surface area contributed by atoms with Gasteiger partial charge in [-0.1, -0.05) is 22.0 Å². The standard InChI is InChI=1S/C11H7BrN2O3/c12-7-2-1-3-8(4-7)14-5-9(11(16)17)10(15)13-6-14/h1-6H,(H,16,17). The van der Waals surface area contributed by atoms with Gasteiger partial charge >= 0.3 is 5.97 Å². The van der Waals surface area contributed by atoms with Crippen molar-refractivity contribution in [2.75, 3.05) is 0 Å². The molecule has 2 rings (SSSR count). The molecule has 1 N–H and O–H groups in total. The molecule has 1 aromatic heterocycles. The molecular formula is C11H7BrN2O3.